The third-order valence-corrected chi connectivity index (χ3v) is 2.10. The Morgan fingerprint density at radius 3 is 3.23 bits per heavy atom. The Bertz CT molecular complexity index is 396. The number of aromatic amines is 1. The zero-order valence-corrected chi connectivity index (χ0v) is 7.80. The van der Waals surface area contributed by atoms with Crippen molar-refractivity contribution in [3.05, 3.63) is 30.1 Å². The Morgan fingerprint density at radius 1 is 1.46 bits per heavy atom. The van der Waals surface area contributed by atoms with E-state index >= 15 is 0 Å². The molecule has 0 saturated carbocycles. The fourth-order valence-corrected chi connectivity index (χ4v) is 1.38. The van der Waals surface area contributed by atoms with Crippen LogP contribution < -0.4 is 5.32 Å². The van der Waals surface area contributed by atoms with Gasteiger partial charge in [0.15, 0.2) is 0 Å². The Labute approximate surface area is 81.1 Å². The Kier molecular flexibility index (Phi) is 2.47. The lowest BCUT2D eigenvalue weighted by Gasteiger charge is -2.00. The van der Waals surface area contributed by atoms with E-state index in [9.17, 15) is 0 Å². The highest BCUT2D eigenvalue weighted by atomic mass is 35.5. The third-order valence-electron chi connectivity index (χ3n) is 1.91. The van der Waals surface area contributed by atoms with E-state index in [4.69, 9.17) is 11.6 Å². The van der Waals surface area contributed by atoms with Crippen LogP contribution in [0.25, 0.3) is 11.0 Å². The summed E-state index contributed by atoms with van der Waals surface area (Å²) in [7, 11) is 0. The maximum Gasteiger partial charge on any atom is 0.0931 e. The standard InChI is InChI=1S/C9H10ClN3/c10-5-11-4-7-1-2-8-9(3-7)13-6-12-8/h1-3,6,11H,4-5H2,(H,12,13). The summed E-state index contributed by atoms with van der Waals surface area (Å²) < 4.78 is 0. The fraction of sp³-hybridized carbons (Fsp3) is 0.222. The number of hydrogen-bond acceptors (Lipinski definition) is 2. The molecule has 2 rings (SSSR count). The second-order valence-electron chi connectivity index (χ2n) is 2.81. The molecule has 0 aliphatic heterocycles. The summed E-state index contributed by atoms with van der Waals surface area (Å²) in [6, 6.07) is 6.59. The highest BCUT2D eigenvalue weighted by Crippen LogP contribution is 2.11. The minimum atomic E-state index is 0.473. The predicted molar refractivity (Wildman–Crippen MR) is 53.7 cm³/mol. The van der Waals surface area contributed by atoms with Crippen molar-refractivity contribution in [3.8, 4) is 0 Å². The molecule has 68 valence electrons. The smallest absolute Gasteiger partial charge is 0.0931 e. The summed E-state index contributed by atoms with van der Waals surface area (Å²) in [5.41, 5.74) is 3.26. The van der Waals surface area contributed by atoms with Crippen molar-refractivity contribution in [1.29, 1.82) is 0 Å². The van der Waals surface area contributed by atoms with Crippen LogP contribution in [0.5, 0.6) is 0 Å². The van der Waals surface area contributed by atoms with Crippen molar-refractivity contribution in [3.63, 3.8) is 0 Å². The first-order valence-electron chi connectivity index (χ1n) is 4.09. The average molecular weight is 196 g/mol. The molecule has 4 heteroatoms. The van der Waals surface area contributed by atoms with Crippen molar-refractivity contribution >= 4 is 22.6 Å². The van der Waals surface area contributed by atoms with Crippen molar-refractivity contribution in [2.24, 2.45) is 0 Å². The highest BCUT2D eigenvalue weighted by Gasteiger charge is 1.96. The van der Waals surface area contributed by atoms with Crippen LogP contribution in [0, 0.1) is 0 Å². The normalized spacial score (nSPS) is 10.8. The van der Waals surface area contributed by atoms with Gasteiger partial charge in [0, 0.05) is 6.54 Å². The first-order valence-corrected chi connectivity index (χ1v) is 4.62. The number of nitrogens with zero attached hydrogens (tertiary/aromatic N) is 1. The van der Waals surface area contributed by atoms with Crippen LogP contribution >= 0.6 is 11.6 Å². The molecule has 0 aliphatic rings. The van der Waals surface area contributed by atoms with Gasteiger partial charge in [-0.1, -0.05) is 6.07 Å². The van der Waals surface area contributed by atoms with Crippen molar-refractivity contribution < 1.29 is 0 Å². The largest absolute Gasteiger partial charge is 0.345 e. The van der Waals surface area contributed by atoms with Crippen LogP contribution in [0.1, 0.15) is 5.56 Å². The van der Waals surface area contributed by atoms with Gasteiger partial charge in [-0.3, -0.25) is 5.32 Å². The first kappa shape index (κ1) is 8.53. The maximum absolute atomic E-state index is 5.52. The third kappa shape index (κ3) is 1.82. The first-order chi connectivity index (χ1) is 6.40. The average Bonchev–Trinajstić information content (AvgIpc) is 2.61. The molecule has 2 aromatic rings. The van der Waals surface area contributed by atoms with Gasteiger partial charge in [-0.05, 0) is 17.7 Å². The molecule has 0 amide bonds. The maximum atomic E-state index is 5.52. The summed E-state index contributed by atoms with van der Waals surface area (Å²) in [6.07, 6.45) is 1.70. The van der Waals surface area contributed by atoms with Gasteiger partial charge >= 0.3 is 0 Å². The summed E-state index contributed by atoms with van der Waals surface area (Å²) in [6.45, 7) is 0.790. The van der Waals surface area contributed by atoms with Crippen LogP contribution in [-0.2, 0) is 6.54 Å². The second-order valence-corrected chi connectivity index (χ2v) is 3.08. The van der Waals surface area contributed by atoms with Gasteiger partial charge in [0.25, 0.3) is 0 Å². The van der Waals surface area contributed by atoms with Crippen LogP contribution in [0.2, 0.25) is 0 Å². The number of benzene rings is 1. The van der Waals surface area contributed by atoms with Crippen molar-refractivity contribution in [2.75, 3.05) is 6.00 Å². The lowest BCUT2D eigenvalue weighted by Crippen LogP contribution is -2.09. The molecule has 0 fully saturated rings. The molecule has 0 aliphatic carbocycles. The molecule has 13 heavy (non-hydrogen) atoms. The van der Waals surface area contributed by atoms with Gasteiger partial charge in [-0.15, -0.1) is 11.6 Å². The summed E-state index contributed by atoms with van der Waals surface area (Å²) >= 11 is 5.52. The number of H-pyrrole nitrogens is 1. The molecular formula is C9H10ClN3. The van der Waals surface area contributed by atoms with Gasteiger partial charge in [0.05, 0.1) is 23.4 Å². The van der Waals surface area contributed by atoms with E-state index in [-0.39, 0.29) is 0 Å². The van der Waals surface area contributed by atoms with E-state index < -0.39 is 0 Å². The minimum Gasteiger partial charge on any atom is -0.345 e. The van der Waals surface area contributed by atoms with Crippen molar-refractivity contribution in [2.45, 2.75) is 6.54 Å². The number of aromatic nitrogens is 2. The number of alkyl halides is 1. The molecule has 0 unspecified atom stereocenters. The van der Waals surface area contributed by atoms with E-state index in [0.29, 0.717) is 6.00 Å². The lowest BCUT2D eigenvalue weighted by atomic mass is 10.2. The molecule has 0 bridgehead atoms. The quantitative estimate of drug-likeness (QED) is 0.580. The number of nitrogens with one attached hydrogen (secondary N) is 2. The Balaban J connectivity index is 2.26. The zero-order valence-electron chi connectivity index (χ0n) is 7.05. The molecule has 1 heterocycles. The van der Waals surface area contributed by atoms with Gasteiger partial charge in [-0.25, -0.2) is 4.98 Å². The van der Waals surface area contributed by atoms with Gasteiger partial charge in [0.1, 0.15) is 0 Å². The minimum absolute atomic E-state index is 0.473. The molecule has 1 aromatic carbocycles. The van der Waals surface area contributed by atoms with E-state index in [1.165, 1.54) is 5.56 Å². The lowest BCUT2D eigenvalue weighted by molar-refractivity contribution is 0.792. The number of rotatable bonds is 3. The number of hydrogen-bond donors (Lipinski definition) is 2. The molecule has 0 radical (unpaired) electrons. The van der Waals surface area contributed by atoms with Crippen LogP contribution in [0.4, 0.5) is 0 Å². The molecule has 1 aromatic heterocycles. The van der Waals surface area contributed by atoms with Gasteiger partial charge in [-0.2, -0.15) is 0 Å². The van der Waals surface area contributed by atoms with Crippen LogP contribution in [0.15, 0.2) is 24.5 Å². The topological polar surface area (TPSA) is 40.7 Å². The van der Waals surface area contributed by atoms with E-state index in [1.807, 2.05) is 12.1 Å². The Hall–Kier alpha value is -1.06. The molecule has 2 N–H and O–H groups in total. The van der Waals surface area contributed by atoms with Gasteiger partial charge < -0.3 is 4.98 Å². The summed E-state index contributed by atoms with van der Waals surface area (Å²) in [5.74, 6) is 0. The van der Waals surface area contributed by atoms with Crippen LogP contribution in [0.3, 0.4) is 0 Å². The van der Waals surface area contributed by atoms with Crippen molar-refractivity contribution in [1.82, 2.24) is 15.3 Å². The summed E-state index contributed by atoms with van der Waals surface area (Å²) in [5, 5.41) is 3.05. The SMILES string of the molecule is ClCNCc1ccc2nc[nH]c2c1. The molecular weight excluding hydrogens is 186 g/mol. The van der Waals surface area contributed by atoms with Crippen LogP contribution in [-0.4, -0.2) is 16.0 Å². The predicted octanol–water partition coefficient (Wildman–Crippen LogP) is 1.85. The molecule has 0 spiro atoms. The van der Waals surface area contributed by atoms with E-state index in [2.05, 4.69) is 21.4 Å². The monoisotopic (exact) mass is 195 g/mol. The van der Waals surface area contributed by atoms with E-state index in [0.717, 1.165) is 17.6 Å². The summed E-state index contributed by atoms with van der Waals surface area (Å²) in [4.78, 5) is 7.20. The fourth-order valence-electron chi connectivity index (χ4n) is 1.28. The Morgan fingerprint density at radius 2 is 2.38 bits per heavy atom. The number of halogens is 1. The highest BCUT2D eigenvalue weighted by molar-refractivity contribution is 6.17. The van der Waals surface area contributed by atoms with E-state index in [1.54, 1.807) is 6.33 Å². The molecule has 3 nitrogen and oxygen atoms in total. The molecule has 0 saturated heterocycles. The second kappa shape index (κ2) is 3.77. The number of imidazole rings is 1. The zero-order chi connectivity index (χ0) is 9.10. The molecule has 0 atom stereocenters. The number of fused-ring (bicyclic) bond motifs is 1. The van der Waals surface area contributed by atoms with Gasteiger partial charge in [0.2, 0.25) is 0 Å².